The maximum atomic E-state index is 13.3. The molecule has 106 valence electrons. The summed E-state index contributed by atoms with van der Waals surface area (Å²) in [6, 6.07) is 8.96. The number of sulfone groups is 1. The van der Waals surface area contributed by atoms with Gasteiger partial charge in [0.25, 0.3) is 0 Å². The standard InChI is InChI=1S/C15H16FNO2S/c1-10-3-11(2)5-12(4-10)9-20(18,19)15-7-13(16)6-14(17)8-15/h3-8H,9,17H2,1-2H3. The molecule has 2 aromatic carbocycles. The van der Waals surface area contributed by atoms with Crippen molar-refractivity contribution < 1.29 is 12.8 Å². The van der Waals surface area contributed by atoms with E-state index in [1.165, 1.54) is 6.07 Å². The molecule has 0 spiro atoms. The molecule has 0 radical (unpaired) electrons. The lowest BCUT2D eigenvalue weighted by molar-refractivity contribution is 0.590. The zero-order valence-electron chi connectivity index (χ0n) is 11.4. The maximum Gasteiger partial charge on any atom is 0.182 e. The maximum absolute atomic E-state index is 13.3. The van der Waals surface area contributed by atoms with Crippen molar-refractivity contribution in [1.29, 1.82) is 0 Å². The van der Waals surface area contributed by atoms with Gasteiger partial charge in [0.15, 0.2) is 9.84 Å². The van der Waals surface area contributed by atoms with E-state index >= 15 is 0 Å². The molecule has 2 aromatic rings. The molecule has 0 fully saturated rings. The molecule has 20 heavy (non-hydrogen) atoms. The van der Waals surface area contributed by atoms with Crippen molar-refractivity contribution in [2.45, 2.75) is 24.5 Å². The molecule has 2 rings (SSSR count). The van der Waals surface area contributed by atoms with E-state index in [1.54, 1.807) is 0 Å². The second-order valence-electron chi connectivity index (χ2n) is 4.98. The molecule has 0 aliphatic rings. The Hall–Kier alpha value is -1.88. The third-order valence-electron chi connectivity index (χ3n) is 2.89. The first kappa shape index (κ1) is 14.5. The molecule has 0 heterocycles. The van der Waals surface area contributed by atoms with Gasteiger partial charge in [0.05, 0.1) is 10.6 Å². The quantitative estimate of drug-likeness (QED) is 0.885. The van der Waals surface area contributed by atoms with Gasteiger partial charge in [-0.05, 0) is 37.6 Å². The first-order valence-electron chi connectivity index (χ1n) is 6.12. The number of hydrogen-bond acceptors (Lipinski definition) is 3. The zero-order valence-corrected chi connectivity index (χ0v) is 12.2. The normalized spacial score (nSPS) is 11.6. The molecule has 0 aromatic heterocycles. The Labute approximate surface area is 118 Å². The highest BCUT2D eigenvalue weighted by Gasteiger charge is 2.17. The Morgan fingerprint density at radius 2 is 1.60 bits per heavy atom. The lowest BCUT2D eigenvalue weighted by Gasteiger charge is -2.08. The molecule has 2 N–H and O–H groups in total. The second kappa shape index (κ2) is 5.25. The van der Waals surface area contributed by atoms with Crippen LogP contribution in [0.15, 0.2) is 41.3 Å². The molecule has 0 aliphatic heterocycles. The van der Waals surface area contributed by atoms with Crippen molar-refractivity contribution in [3.63, 3.8) is 0 Å². The van der Waals surface area contributed by atoms with Gasteiger partial charge < -0.3 is 5.73 Å². The van der Waals surface area contributed by atoms with Crippen LogP contribution in [0.25, 0.3) is 0 Å². The Bertz CT molecular complexity index is 714. The number of nitrogens with two attached hydrogens (primary N) is 1. The summed E-state index contributed by atoms with van der Waals surface area (Å²) in [5.74, 6) is -0.817. The highest BCUT2D eigenvalue weighted by atomic mass is 32.2. The molecule has 0 saturated heterocycles. The van der Waals surface area contributed by atoms with Crippen molar-refractivity contribution in [3.8, 4) is 0 Å². The van der Waals surface area contributed by atoms with Gasteiger partial charge in [0.1, 0.15) is 5.82 Å². The molecule has 3 nitrogen and oxygen atoms in total. The predicted octanol–water partition coefficient (Wildman–Crippen LogP) is 3.00. The van der Waals surface area contributed by atoms with E-state index in [-0.39, 0.29) is 16.3 Å². The first-order chi connectivity index (χ1) is 9.26. The topological polar surface area (TPSA) is 60.2 Å². The smallest absolute Gasteiger partial charge is 0.182 e. The molecular weight excluding hydrogens is 277 g/mol. The summed E-state index contributed by atoms with van der Waals surface area (Å²) in [5, 5.41) is 0. The monoisotopic (exact) mass is 293 g/mol. The van der Waals surface area contributed by atoms with Crippen molar-refractivity contribution >= 4 is 15.5 Å². The lowest BCUT2D eigenvalue weighted by Crippen LogP contribution is -2.06. The Morgan fingerprint density at radius 1 is 1.00 bits per heavy atom. The minimum atomic E-state index is -3.61. The van der Waals surface area contributed by atoms with Crippen LogP contribution in [0.1, 0.15) is 16.7 Å². The summed E-state index contributed by atoms with van der Waals surface area (Å²) >= 11 is 0. The fraction of sp³-hybridized carbons (Fsp3) is 0.200. The van der Waals surface area contributed by atoms with E-state index in [0.717, 1.165) is 23.3 Å². The Kier molecular flexibility index (Phi) is 3.81. The minimum absolute atomic E-state index is 0.0887. The summed E-state index contributed by atoms with van der Waals surface area (Å²) in [7, 11) is -3.61. The van der Waals surface area contributed by atoms with E-state index in [9.17, 15) is 12.8 Å². The first-order valence-corrected chi connectivity index (χ1v) is 7.77. The summed E-state index contributed by atoms with van der Waals surface area (Å²) in [5.41, 5.74) is 8.27. The SMILES string of the molecule is Cc1cc(C)cc(CS(=O)(=O)c2cc(N)cc(F)c2)c1. The fourth-order valence-corrected chi connectivity index (χ4v) is 3.60. The van der Waals surface area contributed by atoms with Crippen LogP contribution in [-0.2, 0) is 15.6 Å². The van der Waals surface area contributed by atoms with E-state index in [2.05, 4.69) is 0 Å². The number of hydrogen-bond donors (Lipinski definition) is 1. The number of rotatable bonds is 3. The van der Waals surface area contributed by atoms with Gasteiger partial charge in [-0.2, -0.15) is 0 Å². The lowest BCUT2D eigenvalue weighted by atomic mass is 10.1. The summed E-state index contributed by atoms with van der Waals surface area (Å²) in [6.07, 6.45) is 0. The summed E-state index contributed by atoms with van der Waals surface area (Å²) in [6.45, 7) is 3.81. The Morgan fingerprint density at radius 3 is 2.15 bits per heavy atom. The zero-order chi connectivity index (χ0) is 14.9. The average molecular weight is 293 g/mol. The van der Waals surface area contributed by atoms with Gasteiger partial charge in [-0.1, -0.05) is 29.3 Å². The van der Waals surface area contributed by atoms with Crippen LogP contribution >= 0.6 is 0 Å². The molecule has 0 unspecified atom stereocenters. The van der Waals surface area contributed by atoms with Crippen molar-refractivity contribution in [3.05, 3.63) is 58.9 Å². The predicted molar refractivity (Wildman–Crippen MR) is 77.6 cm³/mol. The van der Waals surface area contributed by atoms with Crippen LogP contribution in [0.4, 0.5) is 10.1 Å². The third kappa shape index (κ3) is 3.36. The number of aryl methyl sites for hydroxylation is 2. The van der Waals surface area contributed by atoms with Crippen LogP contribution in [0.2, 0.25) is 0 Å². The summed E-state index contributed by atoms with van der Waals surface area (Å²) in [4.78, 5) is -0.0887. The molecular formula is C15H16FNO2S. The average Bonchev–Trinajstić information content (AvgIpc) is 2.25. The third-order valence-corrected chi connectivity index (χ3v) is 4.56. The molecule has 5 heteroatoms. The van der Waals surface area contributed by atoms with Crippen molar-refractivity contribution in [2.24, 2.45) is 0 Å². The van der Waals surface area contributed by atoms with Gasteiger partial charge in [0.2, 0.25) is 0 Å². The van der Waals surface area contributed by atoms with Crippen molar-refractivity contribution in [2.75, 3.05) is 5.73 Å². The van der Waals surface area contributed by atoms with Gasteiger partial charge in [-0.15, -0.1) is 0 Å². The molecule has 0 aliphatic carbocycles. The number of benzene rings is 2. The van der Waals surface area contributed by atoms with Gasteiger partial charge in [-0.25, -0.2) is 12.8 Å². The molecule has 0 saturated carbocycles. The largest absolute Gasteiger partial charge is 0.399 e. The second-order valence-corrected chi connectivity index (χ2v) is 6.96. The molecule has 0 atom stereocenters. The highest BCUT2D eigenvalue weighted by Crippen LogP contribution is 2.21. The van der Waals surface area contributed by atoms with Gasteiger partial charge in [0, 0.05) is 5.69 Å². The van der Waals surface area contributed by atoms with Crippen LogP contribution < -0.4 is 5.73 Å². The van der Waals surface area contributed by atoms with Crippen molar-refractivity contribution in [1.82, 2.24) is 0 Å². The van der Waals surface area contributed by atoms with Gasteiger partial charge >= 0.3 is 0 Å². The number of nitrogen functional groups attached to an aromatic ring is 1. The summed E-state index contributed by atoms with van der Waals surface area (Å²) < 4.78 is 37.9. The Balaban J connectivity index is 2.40. The van der Waals surface area contributed by atoms with Gasteiger partial charge in [-0.3, -0.25) is 0 Å². The van der Waals surface area contributed by atoms with Crippen LogP contribution in [0.5, 0.6) is 0 Å². The minimum Gasteiger partial charge on any atom is -0.399 e. The van der Waals surface area contributed by atoms with E-state index in [1.807, 2.05) is 32.0 Å². The highest BCUT2D eigenvalue weighted by molar-refractivity contribution is 7.90. The molecule has 0 amide bonds. The fourth-order valence-electron chi connectivity index (χ4n) is 2.22. The van der Waals surface area contributed by atoms with E-state index in [0.29, 0.717) is 5.56 Å². The number of halogens is 1. The van der Waals surface area contributed by atoms with Crippen LogP contribution in [0, 0.1) is 19.7 Å². The van der Waals surface area contributed by atoms with Crippen LogP contribution in [-0.4, -0.2) is 8.42 Å². The van der Waals surface area contributed by atoms with E-state index in [4.69, 9.17) is 5.73 Å². The van der Waals surface area contributed by atoms with Crippen LogP contribution in [0.3, 0.4) is 0 Å². The number of anilines is 1. The van der Waals surface area contributed by atoms with E-state index < -0.39 is 15.7 Å². The molecule has 0 bridgehead atoms.